The summed E-state index contributed by atoms with van der Waals surface area (Å²) in [5.74, 6) is 0.778. The van der Waals surface area contributed by atoms with E-state index in [0.717, 1.165) is 0 Å². The van der Waals surface area contributed by atoms with Gasteiger partial charge in [-0.3, -0.25) is 4.79 Å². The molecule has 1 aromatic heterocycles. The summed E-state index contributed by atoms with van der Waals surface area (Å²) in [4.78, 5) is 28.9. The van der Waals surface area contributed by atoms with Gasteiger partial charge < -0.3 is 23.7 Å². The number of carbonyl (C=O) groups excluding carboxylic acids is 2. The Morgan fingerprint density at radius 1 is 1.03 bits per heavy atom. The van der Waals surface area contributed by atoms with Crippen LogP contribution in [0.15, 0.2) is 27.8 Å². The maximum Gasteiger partial charge on any atom is 0.334 e. The van der Waals surface area contributed by atoms with Crippen molar-refractivity contribution in [1.82, 2.24) is 20.0 Å². The van der Waals surface area contributed by atoms with Gasteiger partial charge in [0.15, 0.2) is 11.5 Å². The molecule has 170 valence electrons. The Hall–Kier alpha value is -1.87. The summed E-state index contributed by atoms with van der Waals surface area (Å²) in [5.41, 5.74) is 0.680. The molecular formula is C18H24IN5O5S2. The molecule has 2 heterocycles. The highest BCUT2D eigenvalue weighted by Gasteiger charge is 2.30. The number of rotatable bonds is 6. The van der Waals surface area contributed by atoms with Crippen molar-refractivity contribution < 1.29 is 23.5 Å². The zero-order chi connectivity index (χ0) is 21.7. The summed E-state index contributed by atoms with van der Waals surface area (Å²) in [6.45, 7) is 1.57. The van der Waals surface area contributed by atoms with Gasteiger partial charge in [-0.25, -0.2) is 9.10 Å². The Kier molecular flexibility index (Phi) is 9.55. The van der Waals surface area contributed by atoms with E-state index in [1.807, 2.05) is 6.26 Å². The number of halogens is 1. The number of methoxy groups -OCH3 is 2. The van der Waals surface area contributed by atoms with Crippen molar-refractivity contribution in [2.24, 2.45) is 0 Å². The zero-order valence-electron chi connectivity index (χ0n) is 17.6. The number of amides is 3. The van der Waals surface area contributed by atoms with Crippen LogP contribution in [0.3, 0.4) is 0 Å². The number of hydrogen-bond acceptors (Lipinski definition) is 9. The zero-order valence-corrected chi connectivity index (χ0v) is 21.5. The van der Waals surface area contributed by atoms with Crippen molar-refractivity contribution in [3.8, 4) is 11.5 Å². The summed E-state index contributed by atoms with van der Waals surface area (Å²) in [6, 6.07) is 5.15. The molecule has 0 N–H and O–H groups in total. The maximum absolute atomic E-state index is 13.1. The third-order valence-electron chi connectivity index (χ3n) is 4.56. The summed E-state index contributed by atoms with van der Waals surface area (Å²) < 4.78 is 17.5. The van der Waals surface area contributed by atoms with Gasteiger partial charge in [-0.05, 0) is 30.3 Å². The lowest BCUT2D eigenvalue weighted by Crippen LogP contribution is -2.53. The van der Waals surface area contributed by atoms with E-state index in [4.69, 9.17) is 13.9 Å². The molecule has 1 aliphatic rings. The van der Waals surface area contributed by atoms with Gasteiger partial charge in [0.05, 0.1) is 19.9 Å². The molecule has 0 aliphatic carbocycles. The summed E-state index contributed by atoms with van der Waals surface area (Å²) >= 11 is 2.57. The van der Waals surface area contributed by atoms with Crippen LogP contribution in [0.2, 0.25) is 0 Å². The summed E-state index contributed by atoms with van der Waals surface area (Å²) in [6.07, 6.45) is 3.62. The van der Waals surface area contributed by atoms with Crippen LogP contribution in [0.1, 0.15) is 10.7 Å². The second-order valence-corrected chi connectivity index (χ2v) is 7.64. The second-order valence-electron chi connectivity index (χ2n) is 6.16. The van der Waals surface area contributed by atoms with E-state index in [0.29, 0.717) is 48.6 Å². The van der Waals surface area contributed by atoms with Gasteiger partial charge in [-0.2, -0.15) is 0 Å². The first-order valence-electron chi connectivity index (χ1n) is 9.04. The predicted octanol–water partition coefficient (Wildman–Crippen LogP) is 3.09. The van der Waals surface area contributed by atoms with E-state index < -0.39 is 0 Å². The number of thioether (sulfide) groups is 1. The molecule has 1 fully saturated rings. The number of urea groups is 1. The maximum atomic E-state index is 13.1. The molecule has 10 nitrogen and oxygen atoms in total. The van der Waals surface area contributed by atoms with Crippen LogP contribution in [-0.4, -0.2) is 84.8 Å². The monoisotopic (exact) mass is 581 g/mol. The van der Waals surface area contributed by atoms with Crippen LogP contribution in [-0.2, 0) is 0 Å². The molecule has 3 amide bonds. The average Bonchev–Trinajstić information content (AvgIpc) is 3.28. The van der Waals surface area contributed by atoms with Crippen molar-refractivity contribution in [1.29, 1.82) is 0 Å². The highest BCUT2D eigenvalue weighted by molar-refractivity contribution is 14.0. The molecular weight excluding hydrogens is 557 g/mol. The van der Waals surface area contributed by atoms with Crippen molar-refractivity contribution in [2.75, 3.05) is 57.2 Å². The van der Waals surface area contributed by atoms with Crippen molar-refractivity contribution in [3.05, 3.63) is 24.1 Å². The minimum atomic E-state index is -0.323. The SMILES string of the molecule is COc1ccc(N(SC)C(=O)N2CCN(C(=O)c3nnc(SC)o3)CC2)cc1OC.I. The van der Waals surface area contributed by atoms with E-state index in [9.17, 15) is 9.59 Å². The number of benzene rings is 1. The number of hydrogen-bond donors (Lipinski definition) is 0. The molecule has 0 bridgehead atoms. The molecule has 31 heavy (non-hydrogen) atoms. The summed E-state index contributed by atoms with van der Waals surface area (Å²) in [5, 5.41) is 7.92. The number of anilines is 1. The standard InChI is InChI=1S/C18H23N5O5S2.HI/c1-26-13-6-5-12(11-14(13)27-2)23(30-4)18(25)22-9-7-21(8-10-22)16(24)15-19-20-17(28-15)29-3;/h5-6,11H,7-10H2,1-4H3;1H. The molecule has 1 aromatic carbocycles. The van der Waals surface area contributed by atoms with Crippen molar-refractivity contribution >= 4 is 65.3 Å². The molecule has 0 saturated carbocycles. The topological polar surface area (TPSA) is 101 Å². The van der Waals surface area contributed by atoms with E-state index in [-0.39, 0.29) is 41.8 Å². The lowest BCUT2D eigenvalue weighted by molar-refractivity contribution is 0.0626. The Morgan fingerprint density at radius 3 is 2.23 bits per heavy atom. The molecule has 2 aromatic rings. The first-order chi connectivity index (χ1) is 14.5. The first kappa shape index (κ1) is 25.4. The Morgan fingerprint density at radius 2 is 1.68 bits per heavy atom. The van der Waals surface area contributed by atoms with E-state index in [1.54, 1.807) is 52.8 Å². The van der Waals surface area contributed by atoms with Gasteiger partial charge in [0.1, 0.15) is 0 Å². The second kappa shape index (κ2) is 11.7. The number of carbonyl (C=O) groups is 2. The van der Waals surface area contributed by atoms with E-state index >= 15 is 0 Å². The first-order valence-corrected chi connectivity index (χ1v) is 11.4. The minimum Gasteiger partial charge on any atom is -0.493 e. The molecule has 3 rings (SSSR count). The third kappa shape index (κ3) is 5.68. The number of ether oxygens (including phenoxy) is 2. The van der Waals surface area contributed by atoms with Crippen molar-refractivity contribution in [3.63, 3.8) is 0 Å². The molecule has 1 aliphatic heterocycles. The lowest BCUT2D eigenvalue weighted by Gasteiger charge is -2.36. The van der Waals surface area contributed by atoms with Crippen LogP contribution < -0.4 is 13.8 Å². The number of nitrogens with zero attached hydrogens (tertiary/aromatic N) is 5. The van der Waals surface area contributed by atoms with Gasteiger partial charge in [0.25, 0.3) is 5.22 Å². The highest BCUT2D eigenvalue weighted by atomic mass is 127. The highest BCUT2D eigenvalue weighted by Crippen LogP contribution is 2.34. The molecule has 0 radical (unpaired) electrons. The number of aromatic nitrogens is 2. The Balaban J connectivity index is 0.00000341. The molecule has 13 heteroatoms. The molecule has 0 atom stereocenters. The Bertz CT molecular complexity index is 907. The van der Waals surface area contributed by atoms with Crippen LogP contribution in [0.4, 0.5) is 10.5 Å². The quantitative estimate of drug-likeness (QED) is 0.290. The van der Waals surface area contributed by atoms with Gasteiger partial charge in [0.2, 0.25) is 0 Å². The van der Waals surface area contributed by atoms with Gasteiger partial charge in [-0.1, -0.05) is 11.8 Å². The van der Waals surface area contributed by atoms with Crippen LogP contribution in [0, 0.1) is 0 Å². The van der Waals surface area contributed by atoms with E-state index in [1.165, 1.54) is 23.7 Å². The molecule has 1 saturated heterocycles. The van der Waals surface area contributed by atoms with E-state index in [2.05, 4.69) is 10.2 Å². The fourth-order valence-corrected chi connectivity index (χ4v) is 3.87. The smallest absolute Gasteiger partial charge is 0.334 e. The van der Waals surface area contributed by atoms with Gasteiger partial charge in [0, 0.05) is 38.5 Å². The van der Waals surface area contributed by atoms with Crippen LogP contribution in [0.25, 0.3) is 0 Å². The fourth-order valence-electron chi connectivity index (χ4n) is 2.99. The average molecular weight is 581 g/mol. The lowest BCUT2D eigenvalue weighted by atomic mass is 10.2. The molecule has 0 spiro atoms. The fraction of sp³-hybridized carbons (Fsp3) is 0.444. The normalized spacial score (nSPS) is 13.4. The van der Waals surface area contributed by atoms with Crippen LogP contribution in [0.5, 0.6) is 11.5 Å². The summed E-state index contributed by atoms with van der Waals surface area (Å²) in [7, 11) is 3.11. The van der Waals surface area contributed by atoms with Crippen molar-refractivity contribution in [2.45, 2.75) is 5.22 Å². The van der Waals surface area contributed by atoms with Gasteiger partial charge >= 0.3 is 17.8 Å². The molecule has 0 unspecified atom stereocenters. The van der Waals surface area contributed by atoms with Gasteiger partial charge in [-0.15, -0.1) is 34.2 Å². The minimum absolute atomic E-state index is 0. The third-order valence-corrected chi connectivity index (χ3v) is 5.81. The Labute approximate surface area is 206 Å². The largest absolute Gasteiger partial charge is 0.493 e. The predicted molar refractivity (Wildman–Crippen MR) is 130 cm³/mol. The van der Waals surface area contributed by atoms with Crippen LogP contribution >= 0.6 is 47.7 Å². The number of piperazine rings is 1.